The molecule has 0 radical (unpaired) electrons. The van der Waals surface area contributed by atoms with E-state index in [-0.39, 0.29) is 30.7 Å². The number of carboxylic acid groups (broad SMARTS) is 1. The molecule has 2 aromatic rings. The molecule has 0 saturated heterocycles. The standard InChI is InChI=1S/C26H29ClO8/c1-3-7-33-24-14-21(34-9-8-32-16-10-15(11-16)26(29)30)18(12-23(24)31-2)22-13-20(28)17-5-4-6-19(27)25(17)35-22/h4-5,12-16,19H,3,6-11H2,1-2H3,(H,29,30). The number of hydrogen-bond acceptors (Lipinski definition) is 7. The lowest BCUT2D eigenvalue weighted by Crippen LogP contribution is -2.37. The zero-order valence-electron chi connectivity index (χ0n) is 19.8. The summed E-state index contributed by atoms with van der Waals surface area (Å²) in [5.74, 6) is 1.05. The summed E-state index contributed by atoms with van der Waals surface area (Å²) in [7, 11) is 1.54. The van der Waals surface area contributed by atoms with Gasteiger partial charge in [-0.05, 0) is 31.7 Å². The molecule has 188 valence electrons. The lowest BCUT2D eigenvalue weighted by Gasteiger charge is -2.32. The fourth-order valence-corrected chi connectivity index (χ4v) is 4.34. The Morgan fingerprint density at radius 1 is 1.11 bits per heavy atom. The van der Waals surface area contributed by atoms with Crippen LogP contribution < -0.4 is 19.6 Å². The highest BCUT2D eigenvalue weighted by molar-refractivity contribution is 6.21. The first-order chi connectivity index (χ1) is 16.9. The molecule has 1 aromatic carbocycles. The molecule has 0 amide bonds. The minimum absolute atomic E-state index is 0.0779. The summed E-state index contributed by atoms with van der Waals surface area (Å²) in [4.78, 5) is 23.8. The largest absolute Gasteiger partial charge is 0.493 e. The van der Waals surface area contributed by atoms with Crippen molar-refractivity contribution >= 4 is 23.6 Å². The van der Waals surface area contributed by atoms with E-state index in [9.17, 15) is 9.59 Å². The third kappa shape index (κ3) is 5.65. The molecule has 1 N–H and O–H groups in total. The van der Waals surface area contributed by atoms with Crippen LogP contribution in [-0.2, 0) is 9.53 Å². The number of hydrogen-bond donors (Lipinski definition) is 1. The molecule has 1 fully saturated rings. The Labute approximate surface area is 208 Å². The molecule has 4 rings (SSSR count). The van der Waals surface area contributed by atoms with Gasteiger partial charge < -0.3 is 28.5 Å². The third-order valence-corrected chi connectivity index (χ3v) is 6.43. The lowest BCUT2D eigenvalue weighted by molar-refractivity contribution is -0.151. The first-order valence-corrected chi connectivity index (χ1v) is 12.2. The maximum atomic E-state index is 12.8. The normalized spacial score (nSPS) is 20.6. The smallest absolute Gasteiger partial charge is 0.306 e. The van der Waals surface area contributed by atoms with E-state index in [1.54, 1.807) is 18.2 Å². The van der Waals surface area contributed by atoms with Gasteiger partial charge >= 0.3 is 5.97 Å². The van der Waals surface area contributed by atoms with Crippen LogP contribution in [0.4, 0.5) is 0 Å². The number of rotatable bonds is 11. The summed E-state index contributed by atoms with van der Waals surface area (Å²) in [5.41, 5.74) is 0.782. The molecule has 9 heteroatoms. The van der Waals surface area contributed by atoms with Crippen molar-refractivity contribution in [3.05, 3.63) is 45.8 Å². The number of carboxylic acids is 1. The Bertz CT molecular complexity index is 1150. The zero-order chi connectivity index (χ0) is 24.9. The Balaban J connectivity index is 1.59. The van der Waals surface area contributed by atoms with Crippen molar-refractivity contribution in [1.29, 1.82) is 0 Å². The van der Waals surface area contributed by atoms with Crippen LogP contribution in [0.15, 0.2) is 33.5 Å². The minimum atomic E-state index is -0.787. The maximum absolute atomic E-state index is 12.8. The Morgan fingerprint density at radius 2 is 1.89 bits per heavy atom. The fraction of sp³-hybridized carbons (Fsp3) is 0.462. The van der Waals surface area contributed by atoms with E-state index < -0.39 is 11.3 Å². The number of allylic oxidation sites excluding steroid dienone is 1. The van der Waals surface area contributed by atoms with Crippen LogP contribution in [0.2, 0.25) is 0 Å². The van der Waals surface area contributed by atoms with Gasteiger partial charge in [-0.2, -0.15) is 0 Å². The van der Waals surface area contributed by atoms with Gasteiger partial charge in [0.25, 0.3) is 0 Å². The van der Waals surface area contributed by atoms with Crippen LogP contribution in [0.25, 0.3) is 17.4 Å². The molecule has 8 nitrogen and oxygen atoms in total. The topological polar surface area (TPSA) is 104 Å². The van der Waals surface area contributed by atoms with Crippen LogP contribution in [-0.4, -0.2) is 44.1 Å². The summed E-state index contributed by atoms with van der Waals surface area (Å²) in [6, 6.07) is 4.85. The molecule has 0 aliphatic heterocycles. The van der Waals surface area contributed by atoms with Gasteiger partial charge in [0, 0.05) is 12.1 Å². The van der Waals surface area contributed by atoms with Crippen LogP contribution in [0.5, 0.6) is 17.2 Å². The number of methoxy groups -OCH3 is 1. The zero-order valence-corrected chi connectivity index (χ0v) is 20.5. The van der Waals surface area contributed by atoms with E-state index in [1.165, 1.54) is 13.2 Å². The first-order valence-electron chi connectivity index (χ1n) is 11.7. The van der Waals surface area contributed by atoms with Crippen LogP contribution in [0.3, 0.4) is 0 Å². The van der Waals surface area contributed by atoms with Crippen molar-refractivity contribution in [2.45, 2.75) is 44.1 Å². The molecule has 35 heavy (non-hydrogen) atoms. The highest BCUT2D eigenvalue weighted by Gasteiger charge is 2.35. The summed E-state index contributed by atoms with van der Waals surface area (Å²) in [6.45, 7) is 3.01. The summed E-state index contributed by atoms with van der Waals surface area (Å²) in [6.07, 6.45) is 5.91. The van der Waals surface area contributed by atoms with E-state index in [4.69, 9.17) is 40.1 Å². The number of ether oxygens (including phenoxy) is 4. The van der Waals surface area contributed by atoms with Crippen molar-refractivity contribution in [3.8, 4) is 28.6 Å². The van der Waals surface area contributed by atoms with E-state index in [0.29, 0.717) is 65.8 Å². The highest BCUT2D eigenvalue weighted by Crippen LogP contribution is 2.42. The molecule has 2 aliphatic rings. The number of carbonyl (C=O) groups is 1. The monoisotopic (exact) mass is 504 g/mol. The Hall–Kier alpha value is -2.97. The molecule has 0 spiro atoms. The van der Waals surface area contributed by atoms with Crippen LogP contribution >= 0.6 is 11.6 Å². The van der Waals surface area contributed by atoms with Gasteiger partial charge in [0.15, 0.2) is 16.9 Å². The number of benzene rings is 1. The van der Waals surface area contributed by atoms with Gasteiger partial charge in [0.2, 0.25) is 0 Å². The van der Waals surface area contributed by atoms with Gasteiger partial charge in [-0.25, -0.2) is 0 Å². The minimum Gasteiger partial charge on any atom is -0.493 e. The first kappa shape index (κ1) is 25.1. The molecule has 0 bridgehead atoms. The Kier molecular flexibility index (Phi) is 8.03. The van der Waals surface area contributed by atoms with Gasteiger partial charge in [0.05, 0.1) is 48.8 Å². The van der Waals surface area contributed by atoms with E-state index in [0.717, 1.165) is 6.42 Å². The molecule has 1 atom stereocenters. The van der Waals surface area contributed by atoms with Crippen molar-refractivity contribution in [2.24, 2.45) is 5.92 Å². The van der Waals surface area contributed by atoms with E-state index in [2.05, 4.69) is 0 Å². The van der Waals surface area contributed by atoms with Crippen molar-refractivity contribution in [1.82, 2.24) is 0 Å². The van der Waals surface area contributed by atoms with Gasteiger partial charge in [-0.15, -0.1) is 11.6 Å². The fourth-order valence-electron chi connectivity index (χ4n) is 4.07. The van der Waals surface area contributed by atoms with Gasteiger partial charge in [-0.1, -0.05) is 19.1 Å². The quantitative estimate of drug-likeness (QED) is 0.334. The Morgan fingerprint density at radius 3 is 2.60 bits per heavy atom. The van der Waals surface area contributed by atoms with Crippen molar-refractivity contribution in [2.75, 3.05) is 26.9 Å². The SMILES string of the molecule is CCCOc1cc(OCCOC2CC(C(=O)O)C2)c(-c2cc(=O)c3c(o2)C(Cl)CC=C3)cc1OC. The predicted octanol–water partition coefficient (Wildman–Crippen LogP) is 5.06. The maximum Gasteiger partial charge on any atom is 0.306 e. The molecule has 1 unspecified atom stereocenters. The molecular weight excluding hydrogens is 476 g/mol. The number of fused-ring (bicyclic) bond motifs is 1. The molecule has 2 aliphatic carbocycles. The van der Waals surface area contributed by atoms with Crippen LogP contribution in [0.1, 0.15) is 49.3 Å². The molecule has 1 heterocycles. The lowest BCUT2D eigenvalue weighted by atomic mass is 9.82. The molecular formula is C26H29ClO8. The van der Waals surface area contributed by atoms with Gasteiger partial charge in [0.1, 0.15) is 23.9 Å². The van der Waals surface area contributed by atoms with Crippen molar-refractivity contribution in [3.63, 3.8) is 0 Å². The third-order valence-electron chi connectivity index (χ3n) is 6.06. The summed E-state index contributed by atoms with van der Waals surface area (Å²) >= 11 is 6.43. The second-order valence-corrected chi connectivity index (χ2v) is 9.08. The second kappa shape index (κ2) is 11.2. The average Bonchev–Trinajstić information content (AvgIpc) is 2.81. The number of aliphatic carboxylic acids is 1. The summed E-state index contributed by atoms with van der Waals surface area (Å²) in [5, 5.41) is 8.57. The van der Waals surface area contributed by atoms with Gasteiger partial charge in [-0.3, -0.25) is 9.59 Å². The number of halogens is 1. The molecule has 1 aromatic heterocycles. The second-order valence-electron chi connectivity index (χ2n) is 8.55. The highest BCUT2D eigenvalue weighted by atomic mass is 35.5. The van der Waals surface area contributed by atoms with Crippen molar-refractivity contribution < 1.29 is 33.3 Å². The summed E-state index contributed by atoms with van der Waals surface area (Å²) < 4.78 is 29.2. The number of alkyl halides is 1. The molecule has 1 saturated carbocycles. The predicted molar refractivity (Wildman–Crippen MR) is 131 cm³/mol. The van der Waals surface area contributed by atoms with Crippen LogP contribution in [0, 0.1) is 5.92 Å². The van der Waals surface area contributed by atoms with E-state index in [1.807, 2.05) is 13.0 Å². The average molecular weight is 505 g/mol. The van der Waals surface area contributed by atoms with E-state index >= 15 is 0 Å².